The number of ether oxygens (including phenoxy) is 1. The molecule has 1 fully saturated rings. The van der Waals surface area contributed by atoms with Crippen molar-refractivity contribution >= 4 is 0 Å². The fourth-order valence-corrected chi connectivity index (χ4v) is 3.04. The first-order valence-electron chi connectivity index (χ1n) is 7.77. The van der Waals surface area contributed by atoms with Crippen molar-refractivity contribution in [2.75, 3.05) is 26.7 Å². The van der Waals surface area contributed by atoms with Gasteiger partial charge < -0.3 is 15.0 Å². The van der Waals surface area contributed by atoms with E-state index in [2.05, 4.69) is 55.4 Å². The molecular formula is C17H28N2O. The lowest BCUT2D eigenvalue weighted by Gasteiger charge is -2.37. The van der Waals surface area contributed by atoms with E-state index in [1.165, 1.54) is 25.1 Å². The molecule has 1 aliphatic heterocycles. The van der Waals surface area contributed by atoms with Crippen LogP contribution >= 0.6 is 0 Å². The van der Waals surface area contributed by atoms with E-state index in [4.69, 9.17) is 4.74 Å². The second kappa shape index (κ2) is 7.09. The van der Waals surface area contributed by atoms with Gasteiger partial charge in [-0.05, 0) is 57.5 Å². The van der Waals surface area contributed by atoms with E-state index in [9.17, 15) is 0 Å². The number of hydrogen-bond donors (Lipinski definition) is 1. The van der Waals surface area contributed by atoms with Crippen LogP contribution in [-0.2, 0) is 0 Å². The van der Waals surface area contributed by atoms with E-state index < -0.39 is 0 Å². The summed E-state index contributed by atoms with van der Waals surface area (Å²) < 4.78 is 5.49. The predicted molar refractivity (Wildman–Crippen MR) is 84.2 cm³/mol. The van der Waals surface area contributed by atoms with Gasteiger partial charge in [0.05, 0.1) is 6.61 Å². The van der Waals surface area contributed by atoms with Gasteiger partial charge in [-0.2, -0.15) is 0 Å². The van der Waals surface area contributed by atoms with E-state index in [0.717, 1.165) is 12.4 Å². The lowest BCUT2D eigenvalue weighted by molar-refractivity contribution is 0.168. The molecule has 2 rings (SSSR count). The molecule has 0 radical (unpaired) electrons. The SMILES string of the molecule is CCOc1ccc(C(C)NC2CCN(C)CC2C)cc1. The van der Waals surface area contributed by atoms with Gasteiger partial charge in [0.2, 0.25) is 0 Å². The molecule has 3 unspecified atom stereocenters. The Morgan fingerprint density at radius 1 is 1.35 bits per heavy atom. The van der Waals surface area contributed by atoms with Crippen LogP contribution in [0.25, 0.3) is 0 Å². The third-order valence-electron chi connectivity index (χ3n) is 4.26. The molecule has 0 aromatic heterocycles. The molecule has 112 valence electrons. The minimum absolute atomic E-state index is 0.390. The number of nitrogens with one attached hydrogen (secondary N) is 1. The summed E-state index contributed by atoms with van der Waals surface area (Å²) >= 11 is 0. The summed E-state index contributed by atoms with van der Waals surface area (Å²) in [6, 6.07) is 9.48. The molecule has 0 bridgehead atoms. The number of benzene rings is 1. The van der Waals surface area contributed by atoms with Crippen molar-refractivity contribution in [1.29, 1.82) is 0 Å². The monoisotopic (exact) mass is 276 g/mol. The Labute approximate surface area is 123 Å². The molecule has 1 heterocycles. The summed E-state index contributed by atoms with van der Waals surface area (Å²) in [5.74, 6) is 1.66. The van der Waals surface area contributed by atoms with E-state index in [1.807, 2.05) is 6.92 Å². The number of likely N-dealkylation sites (tertiary alicyclic amines) is 1. The van der Waals surface area contributed by atoms with Crippen LogP contribution in [0.15, 0.2) is 24.3 Å². The molecule has 0 aliphatic carbocycles. The summed E-state index contributed by atoms with van der Waals surface area (Å²) in [5, 5.41) is 3.79. The highest BCUT2D eigenvalue weighted by Gasteiger charge is 2.25. The van der Waals surface area contributed by atoms with Crippen LogP contribution in [0.4, 0.5) is 0 Å². The van der Waals surface area contributed by atoms with Crippen molar-refractivity contribution < 1.29 is 4.74 Å². The second-order valence-corrected chi connectivity index (χ2v) is 6.03. The summed E-state index contributed by atoms with van der Waals surface area (Å²) in [4.78, 5) is 2.42. The molecule has 20 heavy (non-hydrogen) atoms. The normalized spacial score (nSPS) is 25.4. The number of hydrogen-bond acceptors (Lipinski definition) is 3. The van der Waals surface area contributed by atoms with E-state index in [-0.39, 0.29) is 0 Å². The lowest BCUT2D eigenvalue weighted by Crippen LogP contribution is -2.47. The molecule has 3 heteroatoms. The van der Waals surface area contributed by atoms with Crippen molar-refractivity contribution in [3.8, 4) is 5.75 Å². The molecule has 1 saturated heterocycles. The minimum Gasteiger partial charge on any atom is -0.494 e. The molecule has 0 saturated carbocycles. The largest absolute Gasteiger partial charge is 0.494 e. The molecule has 1 N–H and O–H groups in total. The van der Waals surface area contributed by atoms with Gasteiger partial charge in [0.1, 0.15) is 5.75 Å². The maximum atomic E-state index is 5.49. The van der Waals surface area contributed by atoms with Crippen LogP contribution in [0.5, 0.6) is 5.75 Å². The van der Waals surface area contributed by atoms with Gasteiger partial charge in [0.15, 0.2) is 0 Å². The molecule has 3 atom stereocenters. The first-order chi connectivity index (χ1) is 9.60. The van der Waals surface area contributed by atoms with Gasteiger partial charge in [0, 0.05) is 18.6 Å². The van der Waals surface area contributed by atoms with Crippen molar-refractivity contribution in [2.24, 2.45) is 5.92 Å². The zero-order valence-electron chi connectivity index (χ0n) is 13.2. The fourth-order valence-electron chi connectivity index (χ4n) is 3.04. The van der Waals surface area contributed by atoms with Crippen LogP contribution in [0, 0.1) is 5.92 Å². The zero-order chi connectivity index (χ0) is 14.5. The predicted octanol–water partition coefficient (Wildman–Crippen LogP) is 3.08. The number of rotatable bonds is 5. The first kappa shape index (κ1) is 15.3. The molecule has 0 spiro atoms. The van der Waals surface area contributed by atoms with Crippen molar-refractivity contribution in [2.45, 2.75) is 39.3 Å². The number of piperidine rings is 1. The summed E-state index contributed by atoms with van der Waals surface area (Å²) in [5.41, 5.74) is 1.33. The molecule has 1 aromatic carbocycles. The Balaban J connectivity index is 1.92. The summed E-state index contributed by atoms with van der Waals surface area (Å²) in [6.45, 7) is 9.71. The Kier molecular flexibility index (Phi) is 5.44. The standard InChI is InChI=1S/C17H28N2O/c1-5-20-16-8-6-15(7-9-16)14(3)18-17-10-11-19(4)12-13(17)2/h6-9,13-14,17-18H,5,10-12H2,1-4H3. The van der Waals surface area contributed by atoms with Gasteiger partial charge in [0.25, 0.3) is 0 Å². The van der Waals surface area contributed by atoms with Gasteiger partial charge in [-0.25, -0.2) is 0 Å². The summed E-state index contributed by atoms with van der Waals surface area (Å²) in [6.07, 6.45) is 1.24. The Bertz CT molecular complexity index is 404. The maximum Gasteiger partial charge on any atom is 0.119 e. The highest BCUT2D eigenvalue weighted by atomic mass is 16.5. The van der Waals surface area contributed by atoms with Crippen molar-refractivity contribution in [1.82, 2.24) is 10.2 Å². The zero-order valence-corrected chi connectivity index (χ0v) is 13.2. The molecule has 0 amide bonds. The number of nitrogens with zero attached hydrogens (tertiary/aromatic N) is 1. The average molecular weight is 276 g/mol. The van der Waals surface area contributed by atoms with Crippen molar-refractivity contribution in [3.05, 3.63) is 29.8 Å². The second-order valence-electron chi connectivity index (χ2n) is 6.03. The first-order valence-corrected chi connectivity index (χ1v) is 7.77. The topological polar surface area (TPSA) is 24.5 Å². The molecule has 1 aromatic rings. The highest BCUT2D eigenvalue weighted by molar-refractivity contribution is 5.29. The van der Waals surface area contributed by atoms with E-state index in [1.54, 1.807) is 0 Å². The van der Waals surface area contributed by atoms with Crippen LogP contribution < -0.4 is 10.1 Å². The lowest BCUT2D eigenvalue weighted by atomic mass is 9.93. The molecule has 1 aliphatic rings. The Hall–Kier alpha value is -1.06. The van der Waals surface area contributed by atoms with Crippen molar-refractivity contribution in [3.63, 3.8) is 0 Å². The maximum absolute atomic E-state index is 5.49. The minimum atomic E-state index is 0.390. The fraction of sp³-hybridized carbons (Fsp3) is 0.647. The van der Waals surface area contributed by atoms with Crippen LogP contribution in [0.2, 0.25) is 0 Å². The summed E-state index contributed by atoms with van der Waals surface area (Å²) in [7, 11) is 2.21. The smallest absolute Gasteiger partial charge is 0.119 e. The molecule has 3 nitrogen and oxygen atoms in total. The van der Waals surface area contributed by atoms with E-state index in [0.29, 0.717) is 18.0 Å². The van der Waals surface area contributed by atoms with Gasteiger partial charge in [-0.15, -0.1) is 0 Å². The van der Waals surface area contributed by atoms with Crippen LogP contribution in [0.1, 0.15) is 38.8 Å². The van der Waals surface area contributed by atoms with Gasteiger partial charge in [-0.1, -0.05) is 19.1 Å². The quantitative estimate of drug-likeness (QED) is 0.894. The highest BCUT2D eigenvalue weighted by Crippen LogP contribution is 2.22. The van der Waals surface area contributed by atoms with Crippen LogP contribution in [-0.4, -0.2) is 37.7 Å². The third kappa shape index (κ3) is 3.97. The van der Waals surface area contributed by atoms with Crippen LogP contribution in [0.3, 0.4) is 0 Å². The van der Waals surface area contributed by atoms with E-state index >= 15 is 0 Å². The molecular weight excluding hydrogens is 248 g/mol. The Morgan fingerprint density at radius 2 is 2.05 bits per heavy atom. The average Bonchev–Trinajstić information content (AvgIpc) is 2.43. The van der Waals surface area contributed by atoms with Gasteiger partial charge >= 0.3 is 0 Å². The Morgan fingerprint density at radius 3 is 2.65 bits per heavy atom. The third-order valence-corrected chi connectivity index (χ3v) is 4.26. The van der Waals surface area contributed by atoms with Gasteiger partial charge in [-0.3, -0.25) is 0 Å².